The minimum absolute atomic E-state index is 0.0279. The normalized spacial score (nSPS) is 17.2. The quantitative estimate of drug-likeness (QED) is 0.845. The summed E-state index contributed by atoms with van der Waals surface area (Å²) < 4.78 is 5.46. The molecule has 2 N–H and O–H groups in total. The van der Waals surface area contributed by atoms with Gasteiger partial charge in [0.15, 0.2) is 0 Å². The molecule has 0 spiro atoms. The molecule has 1 aliphatic carbocycles. The van der Waals surface area contributed by atoms with Crippen LogP contribution in [0.25, 0.3) is 0 Å². The van der Waals surface area contributed by atoms with Crippen molar-refractivity contribution in [2.75, 3.05) is 19.0 Å². The van der Waals surface area contributed by atoms with Crippen molar-refractivity contribution in [1.29, 1.82) is 0 Å². The van der Waals surface area contributed by atoms with Gasteiger partial charge in [-0.2, -0.15) is 0 Å². The predicted molar refractivity (Wildman–Crippen MR) is 85.7 cm³/mol. The minimum Gasteiger partial charge on any atom is -0.494 e. The van der Waals surface area contributed by atoms with Gasteiger partial charge in [0.05, 0.1) is 6.61 Å². The van der Waals surface area contributed by atoms with Crippen LogP contribution in [-0.2, 0) is 4.79 Å². The van der Waals surface area contributed by atoms with Crippen molar-refractivity contribution in [1.82, 2.24) is 5.32 Å². The van der Waals surface area contributed by atoms with Crippen molar-refractivity contribution in [2.45, 2.75) is 51.0 Å². The second-order valence-corrected chi connectivity index (χ2v) is 5.78. The van der Waals surface area contributed by atoms with Gasteiger partial charge in [-0.05, 0) is 38.9 Å². The highest BCUT2D eigenvalue weighted by molar-refractivity contribution is 5.91. The number of anilines is 1. The molecule has 1 saturated carbocycles. The maximum Gasteiger partial charge on any atom is 0.226 e. The van der Waals surface area contributed by atoms with Crippen molar-refractivity contribution in [2.24, 2.45) is 0 Å². The van der Waals surface area contributed by atoms with Crippen molar-refractivity contribution in [3.8, 4) is 5.75 Å². The van der Waals surface area contributed by atoms with Crippen molar-refractivity contribution >= 4 is 11.6 Å². The number of benzene rings is 1. The van der Waals surface area contributed by atoms with Crippen LogP contribution in [0.1, 0.15) is 45.4 Å². The first kappa shape index (κ1) is 15.8. The van der Waals surface area contributed by atoms with E-state index >= 15 is 0 Å². The van der Waals surface area contributed by atoms with Crippen molar-refractivity contribution in [3.63, 3.8) is 0 Å². The summed E-state index contributed by atoms with van der Waals surface area (Å²) in [4.78, 5) is 12.3. The van der Waals surface area contributed by atoms with Crippen LogP contribution >= 0.6 is 0 Å². The molecule has 0 atom stereocenters. The molecule has 1 aliphatic rings. The van der Waals surface area contributed by atoms with E-state index in [0.717, 1.165) is 24.3 Å². The predicted octanol–water partition coefficient (Wildman–Crippen LogP) is 3.34. The number of nitrogens with one attached hydrogen (secondary N) is 2. The molecular weight excluding hydrogens is 264 g/mol. The fourth-order valence-corrected chi connectivity index (χ4v) is 3.09. The lowest BCUT2D eigenvalue weighted by atomic mass is 9.79. The van der Waals surface area contributed by atoms with E-state index in [1.54, 1.807) is 0 Å². The van der Waals surface area contributed by atoms with Crippen LogP contribution in [0.2, 0.25) is 0 Å². The summed E-state index contributed by atoms with van der Waals surface area (Å²) in [5.41, 5.74) is 0.771. The summed E-state index contributed by atoms with van der Waals surface area (Å²) in [5.74, 6) is 0.858. The second-order valence-electron chi connectivity index (χ2n) is 5.78. The number of hydrogen-bond acceptors (Lipinski definition) is 3. The molecule has 4 heteroatoms. The number of rotatable bonds is 6. The first-order chi connectivity index (χ1) is 10.2. The molecule has 116 valence electrons. The number of carbonyl (C=O) groups excluding carboxylic acids is 1. The van der Waals surface area contributed by atoms with E-state index in [4.69, 9.17) is 4.74 Å². The Balaban J connectivity index is 1.95. The van der Waals surface area contributed by atoms with Crippen LogP contribution in [0.5, 0.6) is 5.75 Å². The molecule has 0 aromatic heterocycles. The minimum atomic E-state index is -0.0279. The lowest BCUT2D eigenvalue weighted by Gasteiger charge is -2.36. The van der Waals surface area contributed by atoms with Crippen LogP contribution in [0, 0.1) is 0 Å². The zero-order valence-electron chi connectivity index (χ0n) is 13.1. The third kappa shape index (κ3) is 4.46. The van der Waals surface area contributed by atoms with E-state index in [0.29, 0.717) is 13.0 Å². The first-order valence-electron chi connectivity index (χ1n) is 7.89. The summed E-state index contributed by atoms with van der Waals surface area (Å²) in [7, 11) is 1.97. The van der Waals surface area contributed by atoms with E-state index in [9.17, 15) is 4.79 Å². The molecule has 4 nitrogen and oxygen atoms in total. The molecule has 0 bridgehead atoms. The van der Waals surface area contributed by atoms with Gasteiger partial charge in [-0.25, -0.2) is 0 Å². The maximum atomic E-state index is 12.3. The van der Waals surface area contributed by atoms with Gasteiger partial charge in [-0.15, -0.1) is 0 Å². The van der Waals surface area contributed by atoms with Gasteiger partial charge in [0.2, 0.25) is 5.91 Å². The fraction of sp³-hybridized carbons (Fsp3) is 0.588. The summed E-state index contributed by atoms with van der Waals surface area (Å²) in [6.07, 6.45) is 6.37. The highest BCUT2D eigenvalue weighted by Crippen LogP contribution is 2.31. The number of ether oxygens (including phenoxy) is 1. The largest absolute Gasteiger partial charge is 0.494 e. The average molecular weight is 290 g/mol. The molecule has 1 fully saturated rings. The van der Waals surface area contributed by atoms with Crippen LogP contribution < -0.4 is 15.4 Å². The second kappa shape index (κ2) is 7.46. The van der Waals surface area contributed by atoms with E-state index in [1.165, 1.54) is 19.3 Å². The fourth-order valence-electron chi connectivity index (χ4n) is 3.09. The highest BCUT2D eigenvalue weighted by atomic mass is 16.5. The third-order valence-electron chi connectivity index (χ3n) is 4.27. The number of carbonyl (C=O) groups is 1. The Labute approximate surface area is 127 Å². The van der Waals surface area contributed by atoms with E-state index in [-0.39, 0.29) is 11.4 Å². The summed E-state index contributed by atoms with van der Waals surface area (Å²) in [6, 6.07) is 7.56. The standard InChI is InChI=1S/C17H26N2O2/c1-3-21-15-9-7-8-14(12-15)19-16(20)13-17(18-2)10-5-4-6-11-17/h7-9,12,18H,3-6,10-11,13H2,1-2H3,(H,19,20). The molecule has 0 radical (unpaired) electrons. The smallest absolute Gasteiger partial charge is 0.226 e. The van der Waals surface area contributed by atoms with Gasteiger partial charge < -0.3 is 15.4 Å². The monoisotopic (exact) mass is 290 g/mol. The Hall–Kier alpha value is -1.55. The molecule has 1 aromatic rings. The lowest BCUT2D eigenvalue weighted by molar-refractivity contribution is -0.117. The Morgan fingerprint density at radius 2 is 2.05 bits per heavy atom. The van der Waals surface area contributed by atoms with E-state index in [2.05, 4.69) is 10.6 Å². The van der Waals surface area contributed by atoms with E-state index < -0.39 is 0 Å². The Morgan fingerprint density at radius 1 is 1.29 bits per heavy atom. The molecular formula is C17H26N2O2. The van der Waals surface area contributed by atoms with Crippen molar-refractivity contribution < 1.29 is 9.53 Å². The Morgan fingerprint density at radius 3 is 2.71 bits per heavy atom. The molecule has 1 amide bonds. The third-order valence-corrected chi connectivity index (χ3v) is 4.27. The summed E-state index contributed by atoms with van der Waals surface area (Å²) in [6.45, 7) is 2.57. The molecule has 0 heterocycles. The highest BCUT2D eigenvalue weighted by Gasteiger charge is 2.32. The Kier molecular flexibility index (Phi) is 5.62. The molecule has 2 rings (SSSR count). The van der Waals surface area contributed by atoms with Crippen LogP contribution in [0.4, 0.5) is 5.69 Å². The van der Waals surface area contributed by atoms with Gasteiger partial charge in [0, 0.05) is 23.7 Å². The zero-order valence-corrected chi connectivity index (χ0v) is 13.1. The number of hydrogen-bond donors (Lipinski definition) is 2. The zero-order chi connectivity index (χ0) is 15.1. The lowest BCUT2D eigenvalue weighted by Crippen LogP contribution is -2.47. The molecule has 0 unspecified atom stereocenters. The molecule has 1 aromatic carbocycles. The van der Waals surface area contributed by atoms with Crippen LogP contribution in [0.3, 0.4) is 0 Å². The molecule has 21 heavy (non-hydrogen) atoms. The summed E-state index contributed by atoms with van der Waals surface area (Å²) >= 11 is 0. The summed E-state index contributed by atoms with van der Waals surface area (Å²) in [5, 5.41) is 6.37. The maximum absolute atomic E-state index is 12.3. The van der Waals surface area contributed by atoms with Gasteiger partial charge in [-0.1, -0.05) is 25.3 Å². The van der Waals surface area contributed by atoms with Crippen LogP contribution in [0.15, 0.2) is 24.3 Å². The van der Waals surface area contributed by atoms with Crippen LogP contribution in [-0.4, -0.2) is 25.1 Å². The van der Waals surface area contributed by atoms with E-state index in [1.807, 2.05) is 38.2 Å². The average Bonchev–Trinajstić information content (AvgIpc) is 2.49. The topological polar surface area (TPSA) is 50.4 Å². The molecule has 0 saturated heterocycles. The van der Waals surface area contributed by atoms with Gasteiger partial charge in [-0.3, -0.25) is 4.79 Å². The SMILES string of the molecule is CCOc1cccc(NC(=O)CC2(NC)CCCCC2)c1. The van der Waals surface area contributed by atoms with Gasteiger partial charge >= 0.3 is 0 Å². The van der Waals surface area contributed by atoms with Crippen molar-refractivity contribution in [3.05, 3.63) is 24.3 Å². The van der Waals surface area contributed by atoms with Gasteiger partial charge in [0.25, 0.3) is 0 Å². The molecule has 0 aliphatic heterocycles. The first-order valence-corrected chi connectivity index (χ1v) is 7.89. The number of amides is 1. The Bertz CT molecular complexity index is 468. The van der Waals surface area contributed by atoms with Gasteiger partial charge in [0.1, 0.15) is 5.75 Å².